The van der Waals surface area contributed by atoms with Crippen molar-refractivity contribution in [1.29, 1.82) is 0 Å². The molecule has 0 spiro atoms. The highest BCUT2D eigenvalue weighted by Gasteiger charge is 2.00. The third-order valence-corrected chi connectivity index (χ3v) is 3.75. The number of hydrogen-bond acceptors (Lipinski definition) is 2. The van der Waals surface area contributed by atoms with E-state index in [0.29, 0.717) is 5.11 Å². The molecule has 128 valence electrons. The van der Waals surface area contributed by atoms with Crippen LogP contribution in [-0.2, 0) is 6.42 Å². The van der Waals surface area contributed by atoms with Crippen LogP contribution in [-0.4, -0.2) is 17.8 Å². The first-order valence-electron chi connectivity index (χ1n) is 8.40. The molecule has 2 aromatic rings. The smallest absolute Gasteiger partial charge is 0.170 e. The van der Waals surface area contributed by atoms with Crippen molar-refractivity contribution in [2.75, 3.05) is 11.9 Å². The number of nitrogens with one attached hydrogen (secondary N) is 2. The molecule has 0 amide bonds. The lowest BCUT2D eigenvalue weighted by Gasteiger charge is -2.12. The Labute approximate surface area is 150 Å². The quantitative estimate of drug-likeness (QED) is 0.564. The summed E-state index contributed by atoms with van der Waals surface area (Å²) in [6.07, 6.45) is 2.25. The van der Waals surface area contributed by atoms with Crippen molar-refractivity contribution in [2.45, 2.75) is 39.7 Å². The van der Waals surface area contributed by atoms with Gasteiger partial charge in [-0.2, -0.15) is 0 Å². The van der Waals surface area contributed by atoms with E-state index in [1.807, 2.05) is 38.1 Å². The maximum absolute atomic E-state index is 5.65. The van der Waals surface area contributed by atoms with Crippen molar-refractivity contribution >= 4 is 23.0 Å². The molecule has 0 unspecified atom stereocenters. The van der Waals surface area contributed by atoms with Crippen molar-refractivity contribution in [3.8, 4) is 5.75 Å². The van der Waals surface area contributed by atoms with Gasteiger partial charge in [0.05, 0.1) is 6.10 Å². The van der Waals surface area contributed by atoms with Crippen molar-refractivity contribution in [3.05, 3.63) is 59.7 Å². The van der Waals surface area contributed by atoms with Crippen LogP contribution in [0.3, 0.4) is 0 Å². The zero-order valence-corrected chi connectivity index (χ0v) is 15.5. The third kappa shape index (κ3) is 6.59. The molecule has 2 N–H and O–H groups in total. The predicted octanol–water partition coefficient (Wildman–Crippen LogP) is 4.70. The van der Waals surface area contributed by atoms with Crippen LogP contribution in [0.1, 0.15) is 31.4 Å². The summed E-state index contributed by atoms with van der Waals surface area (Å²) >= 11 is 5.33. The minimum absolute atomic E-state index is 0.210. The molecule has 2 aromatic carbocycles. The molecular weight excluding hydrogens is 316 g/mol. The normalized spacial score (nSPS) is 10.5. The molecular formula is C20H26N2OS. The van der Waals surface area contributed by atoms with E-state index in [2.05, 4.69) is 41.8 Å². The summed E-state index contributed by atoms with van der Waals surface area (Å²) in [6, 6.07) is 16.5. The Balaban J connectivity index is 1.68. The topological polar surface area (TPSA) is 33.3 Å². The van der Waals surface area contributed by atoms with Crippen LogP contribution in [0.4, 0.5) is 5.69 Å². The van der Waals surface area contributed by atoms with E-state index >= 15 is 0 Å². The molecule has 2 rings (SSSR count). The van der Waals surface area contributed by atoms with E-state index in [1.165, 1.54) is 11.1 Å². The van der Waals surface area contributed by atoms with E-state index in [1.54, 1.807) is 0 Å². The third-order valence-electron chi connectivity index (χ3n) is 3.50. The van der Waals surface area contributed by atoms with Crippen LogP contribution < -0.4 is 15.4 Å². The van der Waals surface area contributed by atoms with Gasteiger partial charge in [0.15, 0.2) is 5.11 Å². The van der Waals surface area contributed by atoms with Crippen LogP contribution in [0.2, 0.25) is 0 Å². The largest absolute Gasteiger partial charge is 0.491 e. The number of anilines is 1. The first kappa shape index (κ1) is 18.3. The molecule has 0 aromatic heterocycles. The highest BCUT2D eigenvalue weighted by Crippen LogP contribution is 2.14. The zero-order valence-electron chi connectivity index (χ0n) is 14.6. The molecule has 0 heterocycles. The Morgan fingerprint density at radius 2 is 1.88 bits per heavy atom. The highest BCUT2D eigenvalue weighted by molar-refractivity contribution is 7.80. The molecule has 3 nitrogen and oxygen atoms in total. The average Bonchev–Trinajstić information content (AvgIpc) is 2.52. The van der Waals surface area contributed by atoms with Gasteiger partial charge in [-0.15, -0.1) is 0 Å². The van der Waals surface area contributed by atoms with Gasteiger partial charge in [-0.1, -0.05) is 24.3 Å². The molecule has 24 heavy (non-hydrogen) atoms. The first-order chi connectivity index (χ1) is 11.5. The molecule has 0 aliphatic rings. The van der Waals surface area contributed by atoms with Crippen molar-refractivity contribution in [3.63, 3.8) is 0 Å². The SMILES string of the molecule is Cc1cccc(NC(=S)NCCCc2ccc(OC(C)C)cc2)c1. The molecule has 0 atom stereocenters. The van der Waals surface area contributed by atoms with Crippen LogP contribution in [0.25, 0.3) is 0 Å². The Bertz CT molecular complexity index is 653. The Hall–Kier alpha value is -2.07. The summed E-state index contributed by atoms with van der Waals surface area (Å²) in [5.41, 5.74) is 3.55. The number of thiocarbonyl (C=S) groups is 1. The Kier molecular flexibility index (Phi) is 7.07. The molecule has 0 saturated carbocycles. The van der Waals surface area contributed by atoms with Gasteiger partial charge in [0.2, 0.25) is 0 Å². The number of hydrogen-bond donors (Lipinski definition) is 2. The summed E-state index contributed by atoms with van der Waals surface area (Å²) in [7, 11) is 0. The van der Waals surface area contributed by atoms with E-state index in [-0.39, 0.29) is 6.10 Å². The van der Waals surface area contributed by atoms with E-state index in [9.17, 15) is 0 Å². The Morgan fingerprint density at radius 1 is 1.12 bits per heavy atom. The molecule has 0 bridgehead atoms. The van der Waals surface area contributed by atoms with Crippen LogP contribution in [0, 0.1) is 6.92 Å². The van der Waals surface area contributed by atoms with Crippen LogP contribution in [0.5, 0.6) is 5.75 Å². The second-order valence-corrected chi connectivity index (χ2v) is 6.57. The summed E-state index contributed by atoms with van der Waals surface area (Å²) in [6.45, 7) is 6.99. The monoisotopic (exact) mass is 342 g/mol. The standard InChI is InChI=1S/C20H26N2OS/c1-15(2)23-19-11-9-17(10-12-19)7-5-13-21-20(24)22-18-8-4-6-16(3)14-18/h4,6,8-12,14-15H,5,7,13H2,1-3H3,(H2,21,22,24). The number of ether oxygens (including phenoxy) is 1. The second-order valence-electron chi connectivity index (χ2n) is 6.16. The van der Waals surface area contributed by atoms with E-state index in [0.717, 1.165) is 30.8 Å². The van der Waals surface area contributed by atoms with Crippen molar-refractivity contribution in [1.82, 2.24) is 5.32 Å². The van der Waals surface area contributed by atoms with Crippen molar-refractivity contribution in [2.24, 2.45) is 0 Å². The van der Waals surface area contributed by atoms with Gasteiger partial charge in [0.25, 0.3) is 0 Å². The molecule has 4 heteroatoms. The Morgan fingerprint density at radius 3 is 2.54 bits per heavy atom. The fraction of sp³-hybridized carbons (Fsp3) is 0.350. The van der Waals surface area contributed by atoms with Crippen LogP contribution in [0.15, 0.2) is 48.5 Å². The lowest BCUT2D eigenvalue weighted by Crippen LogP contribution is -2.29. The lowest BCUT2D eigenvalue weighted by molar-refractivity contribution is 0.242. The van der Waals surface area contributed by atoms with Gasteiger partial charge in [0, 0.05) is 12.2 Å². The van der Waals surface area contributed by atoms with Gasteiger partial charge in [-0.25, -0.2) is 0 Å². The molecule has 0 aliphatic heterocycles. The number of aryl methyl sites for hydroxylation is 2. The molecule has 0 fully saturated rings. The predicted molar refractivity (Wildman–Crippen MR) is 106 cm³/mol. The fourth-order valence-electron chi connectivity index (χ4n) is 2.40. The summed E-state index contributed by atoms with van der Waals surface area (Å²) in [5.74, 6) is 0.926. The molecule has 0 radical (unpaired) electrons. The minimum Gasteiger partial charge on any atom is -0.491 e. The summed E-state index contributed by atoms with van der Waals surface area (Å²) < 4.78 is 5.65. The first-order valence-corrected chi connectivity index (χ1v) is 8.81. The molecule has 0 aliphatic carbocycles. The van der Waals surface area contributed by atoms with Gasteiger partial charge in [-0.3, -0.25) is 0 Å². The fourth-order valence-corrected chi connectivity index (χ4v) is 2.62. The highest BCUT2D eigenvalue weighted by atomic mass is 32.1. The van der Waals surface area contributed by atoms with Crippen molar-refractivity contribution < 1.29 is 4.74 Å². The summed E-state index contributed by atoms with van der Waals surface area (Å²) in [5, 5.41) is 7.13. The van der Waals surface area contributed by atoms with Gasteiger partial charge >= 0.3 is 0 Å². The van der Waals surface area contributed by atoms with Gasteiger partial charge < -0.3 is 15.4 Å². The van der Waals surface area contributed by atoms with Gasteiger partial charge in [-0.05, 0) is 81.2 Å². The maximum atomic E-state index is 5.65. The molecule has 0 saturated heterocycles. The maximum Gasteiger partial charge on any atom is 0.170 e. The number of rotatable bonds is 7. The van der Waals surface area contributed by atoms with Crippen LogP contribution >= 0.6 is 12.2 Å². The lowest BCUT2D eigenvalue weighted by atomic mass is 10.1. The number of benzene rings is 2. The zero-order chi connectivity index (χ0) is 17.4. The average molecular weight is 343 g/mol. The van der Waals surface area contributed by atoms with E-state index < -0.39 is 0 Å². The second kappa shape index (κ2) is 9.28. The minimum atomic E-state index is 0.210. The summed E-state index contributed by atoms with van der Waals surface area (Å²) in [4.78, 5) is 0. The van der Waals surface area contributed by atoms with Gasteiger partial charge in [0.1, 0.15) is 5.75 Å². The van der Waals surface area contributed by atoms with E-state index in [4.69, 9.17) is 17.0 Å².